The molecule has 0 spiro atoms. The Kier molecular flexibility index (Phi) is 5.41. The fraction of sp³-hybridized carbons (Fsp3) is 0.125. The molecule has 0 atom stereocenters. The highest BCUT2D eigenvalue weighted by Gasteiger charge is 2.11. The molecule has 2 N–H and O–H groups in total. The number of carbonyl (C=O) groups excluding carboxylic acids is 2. The highest BCUT2D eigenvalue weighted by Crippen LogP contribution is 2.21. The van der Waals surface area contributed by atoms with Gasteiger partial charge in [0.2, 0.25) is 5.91 Å². The Labute approximate surface area is 135 Å². The first-order chi connectivity index (χ1) is 11.3. The van der Waals surface area contributed by atoms with Gasteiger partial charge in [-0.25, -0.2) is 4.39 Å². The van der Waals surface area contributed by atoms with E-state index in [0.717, 1.165) is 6.07 Å². The minimum Gasteiger partial charge on any atom is -0.435 e. The first kappa shape index (κ1) is 17.3. The Balaban J connectivity index is 2.12. The van der Waals surface area contributed by atoms with Gasteiger partial charge in [-0.3, -0.25) is 9.59 Å². The van der Waals surface area contributed by atoms with Crippen LogP contribution in [-0.2, 0) is 4.79 Å². The van der Waals surface area contributed by atoms with Crippen LogP contribution in [0.1, 0.15) is 17.3 Å². The van der Waals surface area contributed by atoms with E-state index in [1.165, 1.54) is 43.3 Å². The lowest BCUT2D eigenvalue weighted by atomic mass is 10.2. The Bertz CT molecular complexity index is 749. The third-order valence-corrected chi connectivity index (χ3v) is 2.88. The molecule has 0 radical (unpaired) electrons. The van der Waals surface area contributed by atoms with Crippen LogP contribution >= 0.6 is 0 Å². The average molecular weight is 338 g/mol. The second-order valence-corrected chi connectivity index (χ2v) is 4.73. The summed E-state index contributed by atoms with van der Waals surface area (Å²) in [6, 6.07) is 8.65. The Morgan fingerprint density at radius 3 is 2.29 bits per heavy atom. The maximum atomic E-state index is 13.8. The zero-order chi connectivity index (χ0) is 17.7. The van der Waals surface area contributed by atoms with Gasteiger partial charge in [0.15, 0.2) is 0 Å². The summed E-state index contributed by atoms with van der Waals surface area (Å²) in [6.45, 7) is -1.67. The van der Waals surface area contributed by atoms with Gasteiger partial charge in [-0.05, 0) is 42.5 Å². The van der Waals surface area contributed by atoms with Crippen LogP contribution in [0.25, 0.3) is 0 Å². The van der Waals surface area contributed by atoms with Crippen molar-refractivity contribution in [2.24, 2.45) is 0 Å². The van der Waals surface area contributed by atoms with Crippen LogP contribution in [0.15, 0.2) is 42.5 Å². The van der Waals surface area contributed by atoms with Gasteiger partial charge in [0.05, 0.1) is 5.69 Å². The minimum absolute atomic E-state index is 0.0969. The number of halogens is 3. The van der Waals surface area contributed by atoms with E-state index in [9.17, 15) is 22.8 Å². The minimum atomic E-state index is -2.96. The number of nitrogens with one attached hydrogen (secondary N) is 2. The average Bonchev–Trinajstić information content (AvgIpc) is 2.50. The fourth-order valence-corrected chi connectivity index (χ4v) is 1.88. The molecule has 0 unspecified atom stereocenters. The lowest BCUT2D eigenvalue weighted by Gasteiger charge is -2.10. The number of amides is 2. The van der Waals surface area contributed by atoms with Crippen molar-refractivity contribution >= 4 is 23.2 Å². The first-order valence-corrected chi connectivity index (χ1v) is 6.78. The molecule has 0 saturated heterocycles. The zero-order valence-electron chi connectivity index (χ0n) is 12.5. The molecule has 8 heteroatoms. The molecule has 2 rings (SSSR count). The van der Waals surface area contributed by atoms with Crippen molar-refractivity contribution in [3.8, 4) is 5.75 Å². The normalized spacial score (nSPS) is 10.4. The van der Waals surface area contributed by atoms with Crippen molar-refractivity contribution in [1.29, 1.82) is 0 Å². The van der Waals surface area contributed by atoms with E-state index < -0.39 is 18.3 Å². The van der Waals surface area contributed by atoms with Gasteiger partial charge in [0, 0.05) is 18.2 Å². The number of alkyl halides is 2. The van der Waals surface area contributed by atoms with Crippen molar-refractivity contribution in [2.45, 2.75) is 13.5 Å². The number of rotatable bonds is 5. The topological polar surface area (TPSA) is 67.4 Å². The number of ether oxygens (including phenoxy) is 1. The number of benzene rings is 2. The predicted octanol–water partition coefficient (Wildman–Crippen LogP) is 3.64. The van der Waals surface area contributed by atoms with Gasteiger partial charge in [-0.1, -0.05) is 0 Å². The highest BCUT2D eigenvalue weighted by atomic mass is 19.3. The quantitative estimate of drug-likeness (QED) is 0.875. The number of carbonyl (C=O) groups is 2. The standard InChI is InChI=1S/C16H13F3N2O3/c1-9(22)20-11-4-7-13(17)14(8-11)21-15(23)10-2-5-12(6-3-10)24-16(18)19/h2-8,16H,1H3,(H,20,22)(H,21,23). The fourth-order valence-electron chi connectivity index (χ4n) is 1.88. The third kappa shape index (κ3) is 4.73. The Hall–Kier alpha value is -3.03. The van der Waals surface area contributed by atoms with Crippen LogP contribution in [0.2, 0.25) is 0 Å². The van der Waals surface area contributed by atoms with E-state index in [4.69, 9.17) is 0 Å². The molecule has 0 bridgehead atoms. The van der Waals surface area contributed by atoms with E-state index in [1.54, 1.807) is 0 Å². The van der Waals surface area contributed by atoms with Crippen LogP contribution in [0, 0.1) is 5.82 Å². The van der Waals surface area contributed by atoms with E-state index in [0.29, 0.717) is 5.69 Å². The maximum Gasteiger partial charge on any atom is 0.387 e. The molecule has 126 valence electrons. The SMILES string of the molecule is CC(=O)Nc1ccc(F)c(NC(=O)c2ccc(OC(F)F)cc2)c1. The molecule has 2 aromatic rings. The van der Waals surface area contributed by atoms with E-state index in [1.807, 2.05) is 0 Å². The largest absolute Gasteiger partial charge is 0.435 e. The Morgan fingerprint density at radius 2 is 1.71 bits per heavy atom. The van der Waals surface area contributed by atoms with Crippen LogP contribution in [0.4, 0.5) is 24.5 Å². The number of hydrogen-bond donors (Lipinski definition) is 2. The maximum absolute atomic E-state index is 13.8. The van der Waals surface area contributed by atoms with Crippen LogP contribution in [-0.4, -0.2) is 18.4 Å². The molecule has 0 heterocycles. The summed E-state index contributed by atoms with van der Waals surface area (Å²) in [5, 5.41) is 4.81. The van der Waals surface area contributed by atoms with E-state index in [2.05, 4.69) is 15.4 Å². The summed E-state index contributed by atoms with van der Waals surface area (Å²) in [4.78, 5) is 23.1. The zero-order valence-corrected chi connectivity index (χ0v) is 12.5. The Morgan fingerprint density at radius 1 is 1.04 bits per heavy atom. The van der Waals surface area contributed by atoms with Crippen LogP contribution in [0.3, 0.4) is 0 Å². The van der Waals surface area contributed by atoms with Gasteiger partial charge in [0.1, 0.15) is 11.6 Å². The van der Waals surface area contributed by atoms with E-state index in [-0.39, 0.29) is 22.9 Å². The lowest BCUT2D eigenvalue weighted by Crippen LogP contribution is -2.14. The molecule has 0 aliphatic heterocycles. The molecule has 24 heavy (non-hydrogen) atoms. The molecule has 2 aromatic carbocycles. The van der Waals surface area contributed by atoms with Crippen molar-refractivity contribution in [1.82, 2.24) is 0 Å². The van der Waals surface area contributed by atoms with Gasteiger partial charge < -0.3 is 15.4 Å². The van der Waals surface area contributed by atoms with Gasteiger partial charge in [-0.2, -0.15) is 8.78 Å². The van der Waals surface area contributed by atoms with Crippen molar-refractivity contribution in [3.05, 3.63) is 53.8 Å². The highest BCUT2D eigenvalue weighted by molar-refractivity contribution is 6.04. The molecule has 0 aliphatic carbocycles. The molecule has 5 nitrogen and oxygen atoms in total. The summed E-state index contributed by atoms with van der Waals surface area (Å²) >= 11 is 0. The van der Waals surface area contributed by atoms with E-state index >= 15 is 0 Å². The summed E-state index contributed by atoms with van der Waals surface area (Å²) in [6.07, 6.45) is 0. The van der Waals surface area contributed by atoms with Gasteiger partial charge in [0.25, 0.3) is 5.91 Å². The van der Waals surface area contributed by atoms with Crippen molar-refractivity contribution in [2.75, 3.05) is 10.6 Å². The molecule has 0 fully saturated rings. The summed E-state index contributed by atoms with van der Waals surface area (Å²) in [7, 11) is 0. The van der Waals surface area contributed by atoms with Crippen LogP contribution in [0.5, 0.6) is 5.75 Å². The lowest BCUT2D eigenvalue weighted by molar-refractivity contribution is -0.114. The molecule has 0 aromatic heterocycles. The van der Waals surface area contributed by atoms with Crippen molar-refractivity contribution in [3.63, 3.8) is 0 Å². The summed E-state index contributed by atoms with van der Waals surface area (Å²) in [5.74, 6) is -1.76. The number of anilines is 2. The van der Waals surface area contributed by atoms with Gasteiger partial charge >= 0.3 is 6.61 Å². The third-order valence-electron chi connectivity index (χ3n) is 2.88. The molecular weight excluding hydrogens is 325 g/mol. The van der Waals surface area contributed by atoms with Crippen molar-refractivity contribution < 1.29 is 27.5 Å². The second-order valence-electron chi connectivity index (χ2n) is 4.73. The molecular formula is C16H13F3N2O3. The first-order valence-electron chi connectivity index (χ1n) is 6.78. The molecule has 0 saturated carbocycles. The molecule has 2 amide bonds. The van der Waals surface area contributed by atoms with Crippen LogP contribution < -0.4 is 15.4 Å². The second kappa shape index (κ2) is 7.49. The predicted molar refractivity (Wildman–Crippen MR) is 81.7 cm³/mol. The summed E-state index contributed by atoms with van der Waals surface area (Å²) in [5.41, 5.74) is 0.319. The number of hydrogen-bond acceptors (Lipinski definition) is 3. The monoisotopic (exact) mass is 338 g/mol. The smallest absolute Gasteiger partial charge is 0.387 e. The van der Waals surface area contributed by atoms with Gasteiger partial charge in [-0.15, -0.1) is 0 Å². The molecule has 0 aliphatic rings. The summed E-state index contributed by atoms with van der Waals surface area (Å²) < 4.78 is 42.1.